The van der Waals surface area contributed by atoms with Gasteiger partial charge in [0, 0.05) is 10.7 Å². The molecule has 0 aliphatic carbocycles. The molecule has 0 spiro atoms. The summed E-state index contributed by atoms with van der Waals surface area (Å²) < 4.78 is 0. The number of nitrogens with one attached hydrogen (secondary N) is 1. The molecule has 1 aliphatic rings. The lowest BCUT2D eigenvalue weighted by molar-refractivity contribution is -0.115. The number of hydrogen-bond donors (Lipinski definition) is 2. The van der Waals surface area contributed by atoms with Crippen molar-refractivity contribution in [2.45, 2.75) is 32.8 Å². The smallest absolute Gasteiger partial charge is 0.228 e. The van der Waals surface area contributed by atoms with Crippen molar-refractivity contribution in [3.8, 4) is 0 Å². The van der Waals surface area contributed by atoms with E-state index >= 15 is 0 Å². The molecule has 0 saturated carbocycles. The number of aliphatic hydroxyl groups excluding tert-OH is 1. The lowest BCUT2D eigenvalue weighted by Crippen LogP contribution is -2.09. The van der Waals surface area contributed by atoms with Gasteiger partial charge in [-0.3, -0.25) is 4.79 Å². The van der Waals surface area contributed by atoms with E-state index in [0.29, 0.717) is 11.4 Å². The molecule has 1 heterocycles. The second-order valence-electron chi connectivity index (χ2n) is 4.59. The lowest BCUT2D eigenvalue weighted by atomic mass is 9.93. The SMILES string of the molecule is CCC(C)C(O)c1cc2c(cc1Cl)NC(=O)C2. The monoisotopic (exact) mass is 253 g/mol. The van der Waals surface area contributed by atoms with Crippen LogP contribution in [0.2, 0.25) is 5.02 Å². The highest BCUT2D eigenvalue weighted by molar-refractivity contribution is 6.32. The first-order valence-electron chi connectivity index (χ1n) is 5.83. The number of hydrogen-bond acceptors (Lipinski definition) is 2. The maximum Gasteiger partial charge on any atom is 0.228 e. The van der Waals surface area contributed by atoms with Crippen molar-refractivity contribution in [2.75, 3.05) is 5.32 Å². The first-order valence-corrected chi connectivity index (χ1v) is 6.21. The number of benzene rings is 1. The van der Waals surface area contributed by atoms with Crippen LogP contribution in [0.3, 0.4) is 0 Å². The molecule has 1 aliphatic heterocycles. The van der Waals surface area contributed by atoms with Crippen molar-refractivity contribution in [2.24, 2.45) is 5.92 Å². The van der Waals surface area contributed by atoms with Gasteiger partial charge in [-0.25, -0.2) is 0 Å². The fourth-order valence-corrected chi connectivity index (χ4v) is 2.30. The standard InChI is InChI=1S/C13H16ClNO2/c1-3-7(2)13(17)9-4-8-5-12(16)15-11(8)6-10(9)14/h4,6-7,13,17H,3,5H2,1-2H3,(H,15,16). The van der Waals surface area contributed by atoms with E-state index in [1.807, 2.05) is 19.9 Å². The topological polar surface area (TPSA) is 49.3 Å². The first-order chi connectivity index (χ1) is 8.02. The van der Waals surface area contributed by atoms with Crippen molar-refractivity contribution in [3.63, 3.8) is 0 Å². The van der Waals surface area contributed by atoms with E-state index in [9.17, 15) is 9.90 Å². The van der Waals surface area contributed by atoms with Gasteiger partial charge in [-0.2, -0.15) is 0 Å². The molecule has 0 bridgehead atoms. The minimum atomic E-state index is -0.575. The molecule has 1 aromatic carbocycles. The summed E-state index contributed by atoms with van der Waals surface area (Å²) in [7, 11) is 0. The van der Waals surface area contributed by atoms with E-state index in [1.54, 1.807) is 6.07 Å². The molecule has 2 rings (SSSR count). The van der Waals surface area contributed by atoms with Crippen molar-refractivity contribution < 1.29 is 9.90 Å². The van der Waals surface area contributed by atoms with Gasteiger partial charge in [0.2, 0.25) is 5.91 Å². The summed E-state index contributed by atoms with van der Waals surface area (Å²) in [6, 6.07) is 3.56. The lowest BCUT2D eigenvalue weighted by Gasteiger charge is -2.19. The quantitative estimate of drug-likeness (QED) is 0.870. The molecule has 1 aromatic rings. The molecule has 2 atom stereocenters. The Morgan fingerprint density at radius 3 is 2.88 bits per heavy atom. The third-order valence-corrected chi connectivity index (χ3v) is 3.68. The maximum absolute atomic E-state index is 11.3. The predicted molar refractivity (Wildman–Crippen MR) is 68.2 cm³/mol. The number of fused-ring (bicyclic) bond motifs is 1. The van der Waals surface area contributed by atoms with E-state index in [0.717, 1.165) is 23.2 Å². The van der Waals surface area contributed by atoms with Gasteiger partial charge < -0.3 is 10.4 Å². The van der Waals surface area contributed by atoms with Crippen LogP contribution in [0.1, 0.15) is 37.5 Å². The van der Waals surface area contributed by atoms with Crippen LogP contribution in [-0.4, -0.2) is 11.0 Å². The van der Waals surface area contributed by atoms with Gasteiger partial charge in [0.05, 0.1) is 12.5 Å². The van der Waals surface area contributed by atoms with Crippen LogP contribution in [0.25, 0.3) is 0 Å². The molecule has 0 aromatic heterocycles. The van der Waals surface area contributed by atoms with Gasteiger partial charge in [-0.05, 0) is 29.2 Å². The number of rotatable bonds is 3. The van der Waals surface area contributed by atoms with Crippen LogP contribution in [0.15, 0.2) is 12.1 Å². The molecule has 92 valence electrons. The fourth-order valence-electron chi connectivity index (χ4n) is 2.02. The summed E-state index contributed by atoms with van der Waals surface area (Å²) in [6.07, 6.45) is 0.673. The Morgan fingerprint density at radius 1 is 1.53 bits per heavy atom. The van der Waals surface area contributed by atoms with Gasteiger partial charge in [0.1, 0.15) is 0 Å². The molecule has 0 fully saturated rings. The average Bonchev–Trinajstić information content (AvgIpc) is 2.65. The molecule has 0 radical (unpaired) electrons. The first kappa shape index (κ1) is 12.4. The summed E-state index contributed by atoms with van der Waals surface area (Å²) in [5, 5.41) is 13.4. The summed E-state index contributed by atoms with van der Waals surface area (Å²) in [5.41, 5.74) is 2.40. The second-order valence-corrected chi connectivity index (χ2v) is 4.99. The summed E-state index contributed by atoms with van der Waals surface area (Å²) in [5.74, 6) is 0.127. The van der Waals surface area contributed by atoms with E-state index < -0.39 is 6.10 Å². The summed E-state index contributed by atoms with van der Waals surface area (Å²) >= 11 is 6.14. The van der Waals surface area contributed by atoms with Gasteiger partial charge in [-0.1, -0.05) is 31.9 Å². The number of anilines is 1. The Labute approximate surface area is 106 Å². The Balaban J connectivity index is 2.37. The van der Waals surface area contributed by atoms with Crippen molar-refractivity contribution in [3.05, 3.63) is 28.3 Å². The Hall–Kier alpha value is -1.06. The number of amides is 1. The molecule has 17 heavy (non-hydrogen) atoms. The zero-order chi connectivity index (χ0) is 12.6. The zero-order valence-electron chi connectivity index (χ0n) is 9.96. The predicted octanol–water partition coefficient (Wildman–Crippen LogP) is 2.91. The molecule has 3 nitrogen and oxygen atoms in total. The van der Waals surface area contributed by atoms with Crippen LogP contribution in [0, 0.1) is 5.92 Å². The van der Waals surface area contributed by atoms with Gasteiger partial charge in [0.15, 0.2) is 0 Å². The molecular weight excluding hydrogens is 238 g/mol. The largest absolute Gasteiger partial charge is 0.388 e. The minimum Gasteiger partial charge on any atom is -0.388 e. The normalized spacial score (nSPS) is 17.5. The number of carbonyl (C=O) groups is 1. The molecule has 2 unspecified atom stereocenters. The number of carbonyl (C=O) groups excluding carboxylic acids is 1. The van der Waals surface area contributed by atoms with Crippen molar-refractivity contribution in [1.29, 1.82) is 0 Å². The van der Waals surface area contributed by atoms with Crippen LogP contribution in [-0.2, 0) is 11.2 Å². The summed E-state index contributed by atoms with van der Waals surface area (Å²) in [4.78, 5) is 11.3. The Kier molecular flexibility index (Phi) is 3.40. The molecule has 0 saturated heterocycles. The number of halogens is 1. The highest BCUT2D eigenvalue weighted by atomic mass is 35.5. The van der Waals surface area contributed by atoms with Crippen LogP contribution >= 0.6 is 11.6 Å². The van der Waals surface area contributed by atoms with Gasteiger partial charge in [-0.15, -0.1) is 0 Å². The van der Waals surface area contributed by atoms with Gasteiger partial charge >= 0.3 is 0 Å². The summed E-state index contributed by atoms with van der Waals surface area (Å²) in [6.45, 7) is 4.01. The van der Waals surface area contributed by atoms with Crippen LogP contribution in [0.4, 0.5) is 5.69 Å². The third-order valence-electron chi connectivity index (χ3n) is 3.35. The van der Waals surface area contributed by atoms with E-state index in [1.165, 1.54) is 0 Å². The van der Waals surface area contributed by atoms with E-state index in [2.05, 4.69) is 5.32 Å². The molecule has 1 amide bonds. The fraction of sp³-hybridized carbons (Fsp3) is 0.462. The average molecular weight is 254 g/mol. The van der Waals surface area contributed by atoms with Crippen LogP contribution in [0.5, 0.6) is 0 Å². The maximum atomic E-state index is 11.3. The van der Waals surface area contributed by atoms with E-state index in [4.69, 9.17) is 11.6 Å². The van der Waals surface area contributed by atoms with E-state index in [-0.39, 0.29) is 11.8 Å². The molecular formula is C13H16ClNO2. The number of aliphatic hydroxyl groups is 1. The second kappa shape index (κ2) is 4.67. The molecule has 2 N–H and O–H groups in total. The van der Waals surface area contributed by atoms with Crippen LogP contribution < -0.4 is 5.32 Å². The minimum absolute atomic E-state index is 0.0220. The third kappa shape index (κ3) is 2.31. The highest BCUT2D eigenvalue weighted by Crippen LogP contribution is 2.35. The van der Waals surface area contributed by atoms with Crippen molar-refractivity contribution >= 4 is 23.2 Å². The highest BCUT2D eigenvalue weighted by Gasteiger charge is 2.23. The van der Waals surface area contributed by atoms with Crippen molar-refractivity contribution in [1.82, 2.24) is 0 Å². The molecule has 4 heteroatoms. The Bertz CT molecular complexity index is 459. The Morgan fingerprint density at radius 2 is 2.24 bits per heavy atom. The zero-order valence-corrected chi connectivity index (χ0v) is 10.7. The van der Waals surface area contributed by atoms with Gasteiger partial charge in [0.25, 0.3) is 0 Å².